The van der Waals surface area contributed by atoms with Crippen LogP contribution in [0, 0.1) is 5.92 Å². The predicted molar refractivity (Wildman–Crippen MR) is 109 cm³/mol. The van der Waals surface area contributed by atoms with Gasteiger partial charge in [0.15, 0.2) is 0 Å². The van der Waals surface area contributed by atoms with Gasteiger partial charge in [-0.15, -0.1) is 0 Å². The Labute approximate surface area is 162 Å². The first-order valence-corrected chi connectivity index (χ1v) is 10.1. The van der Waals surface area contributed by atoms with Gasteiger partial charge in [0.1, 0.15) is 5.75 Å². The summed E-state index contributed by atoms with van der Waals surface area (Å²) in [7, 11) is 5.72. The van der Waals surface area contributed by atoms with E-state index in [-0.39, 0.29) is 0 Å². The highest BCUT2D eigenvalue weighted by Crippen LogP contribution is 2.39. The normalized spacial score (nSPS) is 20.5. The van der Waals surface area contributed by atoms with Gasteiger partial charge in [-0.1, -0.05) is 18.6 Å². The van der Waals surface area contributed by atoms with Crippen molar-refractivity contribution in [3.63, 3.8) is 0 Å². The van der Waals surface area contributed by atoms with Crippen LogP contribution in [-0.2, 0) is 0 Å². The number of nitrogens with zero attached hydrogens (tertiary/aromatic N) is 4. The summed E-state index contributed by atoms with van der Waals surface area (Å²) >= 11 is 0. The molecule has 1 saturated heterocycles. The lowest BCUT2D eigenvalue weighted by Crippen LogP contribution is -2.36. The molecule has 0 N–H and O–H groups in total. The number of likely N-dealkylation sites (tertiary alicyclic amines) is 1. The number of aromatic nitrogens is 2. The predicted octanol–water partition coefficient (Wildman–Crippen LogP) is 4.16. The molecule has 2 fully saturated rings. The molecule has 2 aliphatic rings. The molecule has 27 heavy (non-hydrogen) atoms. The van der Waals surface area contributed by atoms with Crippen molar-refractivity contribution in [3.05, 3.63) is 36.2 Å². The molecule has 1 aliphatic carbocycles. The monoisotopic (exact) mass is 366 g/mol. The molecule has 2 heterocycles. The topological polar surface area (TPSA) is 41.5 Å². The van der Waals surface area contributed by atoms with Gasteiger partial charge >= 0.3 is 0 Å². The van der Waals surface area contributed by atoms with Gasteiger partial charge in [0, 0.05) is 32.4 Å². The Bertz CT molecular complexity index is 770. The molecular formula is C22H30N4O. The molecule has 1 aliphatic heterocycles. The summed E-state index contributed by atoms with van der Waals surface area (Å²) in [6.45, 7) is 2.40. The average molecular weight is 367 g/mol. The molecule has 4 rings (SSSR count). The molecule has 5 heteroatoms. The zero-order chi connectivity index (χ0) is 18.8. The Morgan fingerprint density at radius 2 is 1.89 bits per heavy atom. The number of hydrogen-bond donors (Lipinski definition) is 0. The lowest BCUT2D eigenvalue weighted by molar-refractivity contribution is 0.139. The van der Waals surface area contributed by atoms with Crippen LogP contribution in [-0.4, -0.2) is 49.2 Å². The Morgan fingerprint density at radius 1 is 1.11 bits per heavy atom. The fourth-order valence-corrected chi connectivity index (χ4v) is 4.00. The fourth-order valence-electron chi connectivity index (χ4n) is 4.00. The van der Waals surface area contributed by atoms with Gasteiger partial charge in [-0.3, -0.25) is 4.90 Å². The van der Waals surface area contributed by atoms with Gasteiger partial charge in [0.25, 0.3) is 0 Å². The van der Waals surface area contributed by atoms with E-state index in [4.69, 9.17) is 9.72 Å². The lowest BCUT2D eigenvalue weighted by Gasteiger charge is -2.36. The van der Waals surface area contributed by atoms with Crippen LogP contribution in [0.15, 0.2) is 30.5 Å². The molecule has 1 aromatic carbocycles. The molecule has 2 aromatic rings. The van der Waals surface area contributed by atoms with Crippen LogP contribution in [0.3, 0.4) is 0 Å². The summed E-state index contributed by atoms with van der Waals surface area (Å²) in [5.74, 6) is 2.56. The van der Waals surface area contributed by atoms with Gasteiger partial charge in [-0.2, -0.15) is 0 Å². The number of ether oxygens (including phenoxy) is 1. The summed E-state index contributed by atoms with van der Waals surface area (Å²) in [6, 6.07) is 8.65. The van der Waals surface area contributed by atoms with Crippen LogP contribution in [0.2, 0.25) is 0 Å². The third-order valence-corrected chi connectivity index (χ3v) is 5.73. The highest BCUT2D eigenvalue weighted by atomic mass is 16.5. The van der Waals surface area contributed by atoms with Crippen molar-refractivity contribution < 1.29 is 4.74 Å². The van der Waals surface area contributed by atoms with Crippen molar-refractivity contribution in [1.82, 2.24) is 14.9 Å². The van der Waals surface area contributed by atoms with E-state index in [9.17, 15) is 0 Å². The molecule has 1 atom stereocenters. The van der Waals surface area contributed by atoms with E-state index in [0.29, 0.717) is 6.04 Å². The molecule has 1 aromatic heterocycles. The first kappa shape index (κ1) is 18.2. The smallest absolute Gasteiger partial charge is 0.225 e. The number of hydrogen-bond acceptors (Lipinski definition) is 5. The van der Waals surface area contributed by atoms with Gasteiger partial charge in [0.05, 0.1) is 18.8 Å². The fraction of sp³-hybridized carbons (Fsp3) is 0.545. The van der Waals surface area contributed by atoms with E-state index in [0.717, 1.165) is 28.7 Å². The van der Waals surface area contributed by atoms with Gasteiger partial charge in [-0.25, -0.2) is 9.97 Å². The highest BCUT2D eigenvalue weighted by molar-refractivity contribution is 5.67. The standard InChI is InChI=1S/C22H30N4O/c1-25(2)22-23-14-19(17-9-11-18(27-3)12-10-17)21(24-22)20-6-4-5-13-26(20)15-16-7-8-16/h9-12,14,16,20H,4-8,13,15H2,1-3H3. The third-order valence-electron chi connectivity index (χ3n) is 5.73. The average Bonchev–Trinajstić information content (AvgIpc) is 3.52. The summed E-state index contributed by atoms with van der Waals surface area (Å²) in [5, 5.41) is 0. The van der Waals surface area contributed by atoms with E-state index in [1.807, 2.05) is 37.3 Å². The summed E-state index contributed by atoms with van der Waals surface area (Å²) in [5.41, 5.74) is 3.49. The Morgan fingerprint density at radius 3 is 2.56 bits per heavy atom. The molecule has 5 nitrogen and oxygen atoms in total. The summed E-state index contributed by atoms with van der Waals surface area (Å²) < 4.78 is 5.32. The van der Waals surface area contributed by atoms with Crippen molar-refractivity contribution >= 4 is 5.95 Å². The van der Waals surface area contributed by atoms with E-state index in [1.54, 1.807) is 7.11 Å². The minimum atomic E-state index is 0.387. The summed E-state index contributed by atoms with van der Waals surface area (Å²) in [4.78, 5) is 14.3. The molecule has 1 unspecified atom stereocenters. The zero-order valence-electron chi connectivity index (χ0n) is 16.7. The first-order chi connectivity index (χ1) is 13.2. The van der Waals surface area contributed by atoms with Crippen molar-refractivity contribution in [2.24, 2.45) is 5.92 Å². The molecule has 0 spiro atoms. The van der Waals surface area contributed by atoms with E-state index < -0.39 is 0 Å². The Balaban J connectivity index is 1.73. The van der Waals surface area contributed by atoms with Crippen LogP contribution in [0.5, 0.6) is 5.75 Å². The maximum absolute atomic E-state index is 5.32. The molecule has 144 valence electrons. The second kappa shape index (κ2) is 7.85. The van der Waals surface area contributed by atoms with Crippen molar-refractivity contribution in [1.29, 1.82) is 0 Å². The second-order valence-electron chi connectivity index (χ2n) is 8.04. The van der Waals surface area contributed by atoms with Gasteiger partial charge in [-0.05, 0) is 55.8 Å². The van der Waals surface area contributed by atoms with Crippen LogP contribution in [0.4, 0.5) is 5.95 Å². The number of benzene rings is 1. The Kier molecular flexibility index (Phi) is 5.30. The zero-order valence-corrected chi connectivity index (χ0v) is 16.7. The van der Waals surface area contributed by atoms with Crippen molar-refractivity contribution in [2.75, 3.05) is 39.2 Å². The van der Waals surface area contributed by atoms with E-state index >= 15 is 0 Å². The maximum atomic E-state index is 5.32. The minimum absolute atomic E-state index is 0.387. The van der Waals surface area contributed by atoms with Gasteiger partial charge < -0.3 is 9.64 Å². The van der Waals surface area contributed by atoms with Crippen LogP contribution < -0.4 is 9.64 Å². The molecule has 0 radical (unpaired) electrons. The van der Waals surface area contributed by atoms with E-state index in [2.05, 4.69) is 22.0 Å². The number of piperidine rings is 1. The number of rotatable bonds is 6. The number of methoxy groups -OCH3 is 1. The van der Waals surface area contributed by atoms with Crippen molar-refractivity contribution in [2.45, 2.75) is 38.1 Å². The highest BCUT2D eigenvalue weighted by Gasteiger charge is 2.32. The maximum Gasteiger partial charge on any atom is 0.225 e. The first-order valence-electron chi connectivity index (χ1n) is 10.1. The van der Waals surface area contributed by atoms with Crippen molar-refractivity contribution in [3.8, 4) is 16.9 Å². The quantitative estimate of drug-likeness (QED) is 0.768. The SMILES string of the molecule is COc1ccc(-c2cnc(N(C)C)nc2C2CCCCN2CC2CC2)cc1. The number of anilines is 1. The van der Waals surface area contributed by atoms with Gasteiger partial charge in [0.2, 0.25) is 5.95 Å². The molecule has 0 bridgehead atoms. The Hall–Kier alpha value is -2.14. The van der Waals surface area contributed by atoms with Crippen LogP contribution in [0.25, 0.3) is 11.1 Å². The largest absolute Gasteiger partial charge is 0.497 e. The van der Waals surface area contributed by atoms with Crippen LogP contribution in [0.1, 0.15) is 43.8 Å². The molecule has 1 saturated carbocycles. The molecular weight excluding hydrogens is 336 g/mol. The minimum Gasteiger partial charge on any atom is -0.497 e. The summed E-state index contributed by atoms with van der Waals surface area (Å²) in [6.07, 6.45) is 8.54. The second-order valence-corrected chi connectivity index (χ2v) is 8.04. The third kappa shape index (κ3) is 4.08. The molecule has 0 amide bonds. The van der Waals surface area contributed by atoms with E-state index in [1.165, 1.54) is 50.9 Å². The lowest BCUT2D eigenvalue weighted by atomic mass is 9.93. The van der Waals surface area contributed by atoms with Crippen LogP contribution >= 0.6 is 0 Å².